The number of halogens is 1. The number of aromatic nitrogens is 1. The van der Waals surface area contributed by atoms with E-state index in [0.717, 1.165) is 41.4 Å². The summed E-state index contributed by atoms with van der Waals surface area (Å²) in [4.78, 5) is 15.5. The van der Waals surface area contributed by atoms with Gasteiger partial charge in [-0.1, -0.05) is 49.1 Å². The van der Waals surface area contributed by atoms with Crippen LogP contribution >= 0.6 is 11.6 Å². The van der Waals surface area contributed by atoms with Crippen LogP contribution in [0.3, 0.4) is 0 Å². The van der Waals surface area contributed by atoms with E-state index in [4.69, 9.17) is 11.6 Å². The molecule has 4 nitrogen and oxygen atoms in total. The van der Waals surface area contributed by atoms with Gasteiger partial charge in [0.1, 0.15) is 0 Å². The molecule has 2 aromatic carbocycles. The summed E-state index contributed by atoms with van der Waals surface area (Å²) in [7, 11) is 0. The molecule has 168 valence electrons. The van der Waals surface area contributed by atoms with Gasteiger partial charge in [0.05, 0.1) is 6.54 Å². The lowest BCUT2D eigenvalue weighted by molar-refractivity contribution is 0.161. The number of hydrogen-bond donors (Lipinski definition) is 1. The van der Waals surface area contributed by atoms with Crippen molar-refractivity contribution in [1.82, 2.24) is 9.47 Å². The summed E-state index contributed by atoms with van der Waals surface area (Å²) in [5.41, 5.74) is 5.55. The highest BCUT2D eigenvalue weighted by Crippen LogP contribution is 2.26. The summed E-state index contributed by atoms with van der Waals surface area (Å²) in [5, 5.41) is 3.90. The molecule has 1 fully saturated rings. The Morgan fingerprint density at radius 2 is 1.84 bits per heavy atom. The first-order valence-corrected chi connectivity index (χ1v) is 11.9. The second-order valence-electron chi connectivity index (χ2n) is 8.91. The van der Waals surface area contributed by atoms with Gasteiger partial charge in [0, 0.05) is 35.2 Å². The first-order chi connectivity index (χ1) is 15.5. The third kappa shape index (κ3) is 5.55. The number of amides is 2. The fraction of sp³-hybridized carbons (Fsp3) is 0.370. The molecule has 3 aromatic rings. The topological polar surface area (TPSA) is 37.3 Å². The number of carbonyl (C=O) groups is 1. The predicted molar refractivity (Wildman–Crippen MR) is 132 cm³/mol. The van der Waals surface area contributed by atoms with Gasteiger partial charge in [-0.15, -0.1) is 0 Å². The Labute approximate surface area is 196 Å². The molecule has 0 aliphatic heterocycles. The van der Waals surface area contributed by atoms with E-state index in [9.17, 15) is 4.79 Å². The molecule has 0 radical (unpaired) electrons. The van der Waals surface area contributed by atoms with E-state index in [1.165, 1.54) is 30.4 Å². The Balaban J connectivity index is 1.54. The highest BCUT2D eigenvalue weighted by atomic mass is 35.5. The van der Waals surface area contributed by atoms with E-state index in [1.54, 1.807) is 0 Å². The first kappa shape index (κ1) is 22.5. The van der Waals surface area contributed by atoms with Crippen LogP contribution in [-0.2, 0) is 13.1 Å². The SMILES string of the molecule is Cc1ccc(NC(=O)N(Cc2cccn2Cc2cccc(Cl)c2)C2CCCCC2)cc1C. The van der Waals surface area contributed by atoms with Crippen LogP contribution in [0.4, 0.5) is 10.5 Å². The summed E-state index contributed by atoms with van der Waals surface area (Å²) in [6, 6.07) is 18.5. The third-order valence-electron chi connectivity index (χ3n) is 6.53. The summed E-state index contributed by atoms with van der Waals surface area (Å²) in [6.45, 7) is 5.49. The molecule has 0 spiro atoms. The third-order valence-corrected chi connectivity index (χ3v) is 6.77. The Hall–Kier alpha value is -2.72. The minimum Gasteiger partial charge on any atom is -0.345 e. The van der Waals surface area contributed by atoms with E-state index < -0.39 is 0 Å². The number of anilines is 1. The number of aryl methyl sites for hydroxylation is 2. The quantitative estimate of drug-likeness (QED) is 0.425. The molecule has 0 atom stereocenters. The summed E-state index contributed by atoms with van der Waals surface area (Å²) >= 11 is 6.18. The van der Waals surface area contributed by atoms with Crippen molar-refractivity contribution >= 4 is 23.3 Å². The van der Waals surface area contributed by atoms with Crippen molar-refractivity contribution in [2.24, 2.45) is 0 Å². The normalized spacial score (nSPS) is 14.3. The molecule has 0 saturated heterocycles. The lowest BCUT2D eigenvalue weighted by Crippen LogP contribution is -2.43. The highest BCUT2D eigenvalue weighted by molar-refractivity contribution is 6.30. The number of carbonyl (C=O) groups excluding carboxylic acids is 1. The monoisotopic (exact) mass is 449 g/mol. The average Bonchev–Trinajstić information content (AvgIpc) is 3.21. The molecule has 32 heavy (non-hydrogen) atoms. The second kappa shape index (κ2) is 10.3. The van der Waals surface area contributed by atoms with Crippen molar-refractivity contribution in [2.45, 2.75) is 65.1 Å². The van der Waals surface area contributed by atoms with Crippen LogP contribution in [0.25, 0.3) is 0 Å². The van der Waals surface area contributed by atoms with Crippen LogP contribution in [0.2, 0.25) is 5.02 Å². The van der Waals surface area contributed by atoms with E-state index >= 15 is 0 Å². The van der Waals surface area contributed by atoms with Crippen LogP contribution in [0.1, 0.15) is 54.5 Å². The van der Waals surface area contributed by atoms with Gasteiger partial charge in [0.2, 0.25) is 0 Å². The molecular weight excluding hydrogens is 418 g/mol. The first-order valence-electron chi connectivity index (χ1n) is 11.5. The fourth-order valence-electron chi connectivity index (χ4n) is 4.53. The Kier molecular flexibility index (Phi) is 7.21. The molecule has 1 aliphatic rings. The van der Waals surface area contributed by atoms with Crippen LogP contribution in [0, 0.1) is 13.8 Å². The minimum atomic E-state index is -0.0179. The maximum atomic E-state index is 13.4. The fourth-order valence-corrected chi connectivity index (χ4v) is 4.74. The largest absolute Gasteiger partial charge is 0.345 e. The lowest BCUT2D eigenvalue weighted by atomic mass is 9.94. The average molecular weight is 450 g/mol. The number of rotatable bonds is 6. The maximum Gasteiger partial charge on any atom is 0.322 e. The molecule has 1 saturated carbocycles. The zero-order chi connectivity index (χ0) is 22.5. The van der Waals surface area contributed by atoms with Gasteiger partial charge in [-0.25, -0.2) is 4.79 Å². The Bertz CT molecular complexity index is 1070. The smallest absolute Gasteiger partial charge is 0.322 e. The van der Waals surface area contributed by atoms with Gasteiger partial charge < -0.3 is 14.8 Å². The number of benzene rings is 2. The van der Waals surface area contributed by atoms with Gasteiger partial charge >= 0.3 is 6.03 Å². The van der Waals surface area contributed by atoms with Gasteiger partial charge in [-0.2, -0.15) is 0 Å². The van der Waals surface area contributed by atoms with E-state index in [1.807, 2.05) is 35.2 Å². The molecule has 1 aliphatic carbocycles. The second-order valence-corrected chi connectivity index (χ2v) is 9.34. The van der Waals surface area contributed by atoms with Crippen LogP contribution in [0.15, 0.2) is 60.8 Å². The molecule has 4 rings (SSSR count). The summed E-state index contributed by atoms with van der Waals surface area (Å²) < 4.78 is 2.21. The van der Waals surface area contributed by atoms with Crippen molar-refractivity contribution in [3.05, 3.63) is 88.2 Å². The number of urea groups is 1. The maximum absolute atomic E-state index is 13.4. The van der Waals surface area contributed by atoms with Crippen molar-refractivity contribution in [2.75, 3.05) is 5.32 Å². The number of hydrogen-bond acceptors (Lipinski definition) is 1. The zero-order valence-corrected chi connectivity index (χ0v) is 19.7. The summed E-state index contributed by atoms with van der Waals surface area (Å²) in [6.07, 6.45) is 7.83. The van der Waals surface area contributed by atoms with E-state index in [-0.39, 0.29) is 12.1 Å². The standard InChI is InChI=1S/C27H32ClN3O/c1-20-13-14-24(16-21(20)2)29-27(32)31(25-10-4-3-5-11-25)19-26-12-7-15-30(26)18-22-8-6-9-23(28)17-22/h6-9,12-17,25H,3-5,10-11,18-19H2,1-2H3,(H,29,32). The summed E-state index contributed by atoms with van der Waals surface area (Å²) in [5.74, 6) is 0. The lowest BCUT2D eigenvalue weighted by Gasteiger charge is -2.34. The van der Waals surface area contributed by atoms with Crippen molar-refractivity contribution in [3.63, 3.8) is 0 Å². The molecule has 1 N–H and O–H groups in total. The molecular formula is C27H32ClN3O. The van der Waals surface area contributed by atoms with E-state index in [0.29, 0.717) is 6.54 Å². The minimum absolute atomic E-state index is 0.0179. The Morgan fingerprint density at radius 1 is 1.03 bits per heavy atom. The number of nitrogens with zero attached hydrogens (tertiary/aromatic N) is 2. The van der Waals surface area contributed by atoms with E-state index in [2.05, 4.69) is 54.2 Å². The number of nitrogens with one attached hydrogen (secondary N) is 1. The molecule has 0 unspecified atom stereocenters. The van der Waals surface area contributed by atoms with Crippen LogP contribution < -0.4 is 5.32 Å². The van der Waals surface area contributed by atoms with Gasteiger partial charge in [0.25, 0.3) is 0 Å². The van der Waals surface area contributed by atoms with Gasteiger partial charge in [0.15, 0.2) is 0 Å². The zero-order valence-electron chi connectivity index (χ0n) is 19.0. The van der Waals surface area contributed by atoms with Gasteiger partial charge in [-0.3, -0.25) is 0 Å². The van der Waals surface area contributed by atoms with Gasteiger partial charge in [-0.05, 0) is 79.8 Å². The highest BCUT2D eigenvalue weighted by Gasteiger charge is 2.26. The van der Waals surface area contributed by atoms with Crippen LogP contribution in [-0.4, -0.2) is 21.5 Å². The molecule has 1 aromatic heterocycles. The van der Waals surface area contributed by atoms with Crippen molar-refractivity contribution < 1.29 is 4.79 Å². The Morgan fingerprint density at radius 3 is 2.59 bits per heavy atom. The molecule has 5 heteroatoms. The predicted octanol–water partition coefficient (Wildman–Crippen LogP) is 7.17. The van der Waals surface area contributed by atoms with Crippen LogP contribution in [0.5, 0.6) is 0 Å². The van der Waals surface area contributed by atoms with Crippen molar-refractivity contribution in [1.29, 1.82) is 0 Å². The molecule has 1 heterocycles. The molecule has 0 bridgehead atoms. The molecule has 2 amide bonds. The van der Waals surface area contributed by atoms with Crippen molar-refractivity contribution in [3.8, 4) is 0 Å².